The quantitative estimate of drug-likeness (QED) is 0.250. The Morgan fingerprint density at radius 3 is 2.52 bits per heavy atom. The summed E-state index contributed by atoms with van der Waals surface area (Å²) in [4.78, 5) is 62.4. The summed E-state index contributed by atoms with van der Waals surface area (Å²) in [6.45, 7) is 0.210. The largest absolute Gasteiger partial charge is 0.392 e. The molecule has 13 heteroatoms. The molecule has 3 aromatic heterocycles. The van der Waals surface area contributed by atoms with Crippen LogP contribution >= 0.6 is 0 Å². The van der Waals surface area contributed by atoms with Crippen LogP contribution in [0.5, 0.6) is 0 Å². The number of pyridine rings is 1. The van der Waals surface area contributed by atoms with Gasteiger partial charge in [0.1, 0.15) is 11.4 Å². The molecule has 0 aliphatic rings. The number of aromatic amines is 3. The molecule has 0 spiro atoms. The number of nitrogens with one attached hydrogen (secondary N) is 5. The van der Waals surface area contributed by atoms with Crippen molar-refractivity contribution in [3.8, 4) is 0 Å². The lowest BCUT2D eigenvalue weighted by Gasteiger charge is -2.05. The van der Waals surface area contributed by atoms with Crippen molar-refractivity contribution in [2.75, 3.05) is 18.8 Å². The van der Waals surface area contributed by atoms with E-state index >= 15 is 0 Å². The van der Waals surface area contributed by atoms with Gasteiger partial charge in [-0.05, 0) is 12.1 Å². The average molecular weight is 400 g/mol. The van der Waals surface area contributed by atoms with Gasteiger partial charge in [-0.2, -0.15) is 5.10 Å². The Labute approximate surface area is 160 Å². The number of aromatic nitrogens is 5. The predicted octanol–water partition coefficient (Wildman–Crippen LogP) is -2.30. The molecule has 3 aromatic rings. The summed E-state index contributed by atoms with van der Waals surface area (Å²) in [5.74, 6) is -1.16. The maximum absolute atomic E-state index is 12.2. The Morgan fingerprint density at radius 1 is 1.10 bits per heavy atom. The van der Waals surface area contributed by atoms with Crippen molar-refractivity contribution in [2.45, 2.75) is 0 Å². The Balaban J connectivity index is 1.53. The van der Waals surface area contributed by atoms with Crippen LogP contribution in [0.25, 0.3) is 5.65 Å². The van der Waals surface area contributed by atoms with Gasteiger partial charge in [0.15, 0.2) is 5.65 Å². The zero-order valence-corrected chi connectivity index (χ0v) is 14.8. The molecule has 150 valence electrons. The maximum atomic E-state index is 12.2. The zero-order chi connectivity index (χ0) is 21.0. The molecule has 0 aliphatic heterocycles. The molecule has 0 atom stereocenters. The summed E-state index contributed by atoms with van der Waals surface area (Å²) in [5, 5.41) is 11.1. The van der Waals surface area contributed by atoms with E-state index in [1.807, 2.05) is 4.98 Å². The summed E-state index contributed by atoms with van der Waals surface area (Å²) < 4.78 is 1.21. The van der Waals surface area contributed by atoms with E-state index in [1.165, 1.54) is 16.7 Å². The van der Waals surface area contributed by atoms with Crippen LogP contribution in [0.3, 0.4) is 0 Å². The van der Waals surface area contributed by atoms with Gasteiger partial charge >= 0.3 is 11.4 Å². The first-order valence-electron chi connectivity index (χ1n) is 8.27. The average Bonchev–Trinajstić information content (AvgIpc) is 3.08. The van der Waals surface area contributed by atoms with Gasteiger partial charge in [-0.3, -0.25) is 19.4 Å². The van der Waals surface area contributed by atoms with E-state index < -0.39 is 34.4 Å². The lowest BCUT2D eigenvalue weighted by molar-refractivity contribution is 0.0946. The molecule has 0 saturated heterocycles. The van der Waals surface area contributed by atoms with Crippen molar-refractivity contribution in [1.82, 2.24) is 35.2 Å². The number of carbonyl (C=O) groups is 2. The van der Waals surface area contributed by atoms with Crippen molar-refractivity contribution in [3.05, 3.63) is 73.1 Å². The predicted molar refractivity (Wildman–Crippen MR) is 102 cm³/mol. The van der Waals surface area contributed by atoms with E-state index in [1.54, 1.807) is 18.2 Å². The van der Waals surface area contributed by atoms with Crippen molar-refractivity contribution < 1.29 is 9.59 Å². The molecule has 0 bridgehead atoms. The Hall–Kier alpha value is -4.42. The molecule has 0 aromatic carbocycles. The van der Waals surface area contributed by atoms with Crippen LogP contribution in [0.2, 0.25) is 0 Å². The number of hydrogen-bond acceptors (Lipinski definition) is 7. The summed E-state index contributed by atoms with van der Waals surface area (Å²) in [5.41, 5.74) is 3.01. The molecular weight excluding hydrogens is 384 g/mol. The highest BCUT2D eigenvalue weighted by Crippen LogP contribution is 2.05. The molecule has 3 rings (SSSR count). The van der Waals surface area contributed by atoms with Crippen molar-refractivity contribution in [2.24, 2.45) is 0 Å². The SMILES string of the molecule is Nc1c(C(=O)NC/C=C/CNC(=O)c2cccn3c(=O)[nH]nc23)[nH]c(=O)[nH]c1=O. The van der Waals surface area contributed by atoms with E-state index in [0.29, 0.717) is 0 Å². The molecule has 0 radical (unpaired) electrons. The molecule has 0 unspecified atom stereocenters. The highest BCUT2D eigenvalue weighted by molar-refractivity contribution is 5.99. The van der Waals surface area contributed by atoms with Crippen LogP contribution < -0.4 is 33.3 Å². The van der Waals surface area contributed by atoms with E-state index in [2.05, 4.69) is 25.8 Å². The number of amides is 2. The van der Waals surface area contributed by atoms with Gasteiger partial charge in [-0.25, -0.2) is 19.1 Å². The third-order valence-corrected chi connectivity index (χ3v) is 3.82. The van der Waals surface area contributed by atoms with E-state index in [-0.39, 0.29) is 30.0 Å². The van der Waals surface area contributed by atoms with Crippen molar-refractivity contribution in [3.63, 3.8) is 0 Å². The number of nitrogens with zero attached hydrogens (tertiary/aromatic N) is 2. The molecule has 13 nitrogen and oxygen atoms in total. The Morgan fingerprint density at radius 2 is 1.79 bits per heavy atom. The molecule has 7 N–H and O–H groups in total. The highest BCUT2D eigenvalue weighted by atomic mass is 16.2. The third kappa shape index (κ3) is 4.13. The van der Waals surface area contributed by atoms with Crippen LogP contribution in [0, 0.1) is 0 Å². The maximum Gasteiger partial charge on any atom is 0.347 e. The lowest BCUT2D eigenvalue weighted by atomic mass is 10.2. The van der Waals surface area contributed by atoms with E-state index in [4.69, 9.17) is 5.73 Å². The number of fused-ring (bicyclic) bond motifs is 1. The lowest BCUT2D eigenvalue weighted by Crippen LogP contribution is -2.33. The van der Waals surface area contributed by atoms with Gasteiger partial charge in [0.05, 0.1) is 5.56 Å². The number of nitrogen functional groups attached to an aromatic ring is 1. The molecule has 29 heavy (non-hydrogen) atoms. The fourth-order valence-corrected chi connectivity index (χ4v) is 2.44. The number of H-pyrrole nitrogens is 3. The second kappa shape index (κ2) is 8.08. The standard InChI is InChI=1S/C16H16N8O5/c17-9-10(20-15(28)21-13(9)26)14(27)19-6-2-1-5-18-12(25)8-4-3-7-24-11(8)22-23-16(24)29/h1-4,7H,5-6,17H2,(H,18,25)(H,19,27)(H,23,29)(H2,20,21,26,28)/b2-1+. The number of nitrogens with two attached hydrogens (primary N) is 1. The number of carbonyl (C=O) groups excluding carboxylic acids is 2. The molecule has 3 heterocycles. The monoisotopic (exact) mass is 400 g/mol. The van der Waals surface area contributed by atoms with Crippen molar-refractivity contribution in [1.29, 1.82) is 0 Å². The zero-order valence-electron chi connectivity index (χ0n) is 14.8. The minimum absolute atomic E-state index is 0.0628. The van der Waals surface area contributed by atoms with Gasteiger partial charge in [-0.15, -0.1) is 0 Å². The second-order valence-corrected chi connectivity index (χ2v) is 5.73. The van der Waals surface area contributed by atoms with Gasteiger partial charge in [0.25, 0.3) is 17.4 Å². The van der Waals surface area contributed by atoms with Crippen LogP contribution in [-0.4, -0.2) is 49.5 Å². The smallest absolute Gasteiger partial charge is 0.347 e. The number of rotatable bonds is 6. The molecule has 0 aliphatic carbocycles. The van der Waals surface area contributed by atoms with Crippen LogP contribution in [0.15, 0.2) is 44.9 Å². The van der Waals surface area contributed by atoms with Crippen molar-refractivity contribution >= 4 is 23.1 Å². The second-order valence-electron chi connectivity index (χ2n) is 5.73. The Bertz CT molecular complexity index is 1280. The summed E-state index contributed by atoms with van der Waals surface area (Å²) in [6.07, 6.45) is 4.62. The normalized spacial score (nSPS) is 11.0. The molecule has 0 fully saturated rings. The minimum atomic E-state index is -0.855. The fraction of sp³-hybridized carbons (Fsp3) is 0.125. The van der Waals surface area contributed by atoms with Gasteiger partial charge in [0, 0.05) is 19.3 Å². The topological polar surface area (TPSA) is 200 Å². The summed E-state index contributed by atoms with van der Waals surface area (Å²) >= 11 is 0. The summed E-state index contributed by atoms with van der Waals surface area (Å²) in [7, 11) is 0. The number of hydrogen-bond donors (Lipinski definition) is 6. The minimum Gasteiger partial charge on any atom is -0.392 e. The highest BCUT2D eigenvalue weighted by Gasteiger charge is 2.13. The fourth-order valence-electron chi connectivity index (χ4n) is 2.44. The van der Waals surface area contributed by atoms with Crippen LogP contribution in [0.4, 0.5) is 5.69 Å². The molecule has 2 amide bonds. The van der Waals surface area contributed by atoms with Crippen LogP contribution in [0.1, 0.15) is 20.8 Å². The molecular formula is C16H16N8O5. The third-order valence-electron chi connectivity index (χ3n) is 3.82. The molecule has 0 saturated carbocycles. The number of anilines is 1. The summed E-state index contributed by atoms with van der Waals surface area (Å²) in [6, 6.07) is 3.08. The van der Waals surface area contributed by atoms with Gasteiger partial charge < -0.3 is 21.4 Å². The first-order valence-corrected chi connectivity index (χ1v) is 8.27. The van der Waals surface area contributed by atoms with Gasteiger partial charge in [0.2, 0.25) is 0 Å². The Kier molecular flexibility index (Phi) is 5.39. The van der Waals surface area contributed by atoms with Gasteiger partial charge in [-0.1, -0.05) is 12.2 Å². The van der Waals surface area contributed by atoms with E-state index in [0.717, 1.165) is 0 Å². The van der Waals surface area contributed by atoms with Crippen LogP contribution in [-0.2, 0) is 0 Å². The van der Waals surface area contributed by atoms with E-state index in [9.17, 15) is 24.0 Å². The first-order chi connectivity index (χ1) is 13.9. The first kappa shape index (κ1) is 19.3.